The number of anilines is 1. The van der Waals surface area contributed by atoms with Crippen molar-refractivity contribution in [2.45, 2.75) is 38.0 Å². The zero-order valence-corrected chi connectivity index (χ0v) is 15.2. The van der Waals surface area contributed by atoms with E-state index in [2.05, 4.69) is 9.80 Å². The Morgan fingerprint density at radius 3 is 2.77 bits per heavy atom. The normalized spacial score (nSPS) is 21.9. The van der Waals surface area contributed by atoms with Crippen LogP contribution in [0, 0.1) is 10.1 Å². The van der Waals surface area contributed by atoms with Gasteiger partial charge < -0.3 is 19.5 Å². The number of β-amino-alcohol motifs (C(OH)–C–C–N with tert-alkyl or cyclic N) is 1. The molecule has 1 aromatic rings. The molecule has 8 nitrogen and oxygen atoms in total. The van der Waals surface area contributed by atoms with E-state index in [9.17, 15) is 15.2 Å². The van der Waals surface area contributed by atoms with Gasteiger partial charge in [0, 0.05) is 39.4 Å². The number of likely N-dealkylation sites (tertiary alicyclic amines) is 1. The minimum atomic E-state index is -0.684. The van der Waals surface area contributed by atoms with E-state index in [1.807, 2.05) is 0 Å². The van der Waals surface area contributed by atoms with Crippen LogP contribution in [0.25, 0.3) is 0 Å². The Morgan fingerprint density at radius 2 is 2.08 bits per heavy atom. The van der Waals surface area contributed by atoms with E-state index < -0.39 is 11.0 Å². The molecule has 2 aliphatic heterocycles. The predicted molar refractivity (Wildman–Crippen MR) is 97.6 cm³/mol. The number of nitrogens with zero attached hydrogens (tertiary/aromatic N) is 3. The van der Waals surface area contributed by atoms with Gasteiger partial charge in [0.1, 0.15) is 24.7 Å². The van der Waals surface area contributed by atoms with Gasteiger partial charge in [-0.15, -0.1) is 0 Å². The first-order chi connectivity index (χ1) is 12.6. The van der Waals surface area contributed by atoms with Gasteiger partial charge in [-0.25, -0.2) is 0 Å². The molecule has 0 spiro atoms. The second-order valence-electron chi connectivity index (χ2n) is 6.90. The third-order valence-electron chi connectivity index (χ3n) is 5.05. The molecule has 2 atom stereocenters. The fraction of sp³-hybridized carbons (Fsp3) is 0.667. The minimum Gasteiger partial charge on any atom is -0.488 e. The number of ether oxygens (including phenoxy) is 2. The Kier molecular flexibility index (Phi) is 6.29. The molecule has 26 heavy (non-hydrogen) atoms. The Balaban J connectivity index is 1.65. The first kappa shape index (κ1) is 18.9. The second kappa shape index (κ2) is 8.66. The lowest BCUT2D eigenvalue weighted by Crippen LogP contribution is -2.39. The Labute approximate surface area is 153 Å². The van der Waals surface area contributed by atoms with Gasteiger partial charge in [-0.3, -0.25) is 15.0 Å². The van der Waals surface area contributed by atoms with Gasteiger partial charge in [0.15, 0.2) is 0 Å². The number of rotatable bonds is 8. The lowest BCUT2D eigenvalue weighted by atomic mass is 10.2. The van der Waals surface area contributed by atoms with Gasteiger partial charge in [0.05, 0.1) is 16.7 Å². The monoisotopic (exact) mass is 365 g/mol. The molecule has 2 saturated heterocycles. The summed E-state index contributed by atoms with van der Waals surface area (Å²) in [5.74, 6) is 0.463. The molecule has 0 saturated carbocycles. The van der Waals surface area contributed by atoms with E-state index in [1.54, 1.807) is 13.2 Å². The first-order valence-corrected chi connectivity index (χ1v) is 9.19. The van der Waals surface area contributed by atoms with Crippen LogP contribution in [0.3, 0.4) is 0 Å². The summed E-state index contributed by atoms with van der Waals surface area (Å²) in [6, 6.07) is 4.70. The minimum absolute atomic E-state index is 0.00331. The molecule has 8 heteroatoms. The molecule has 144 valence electrons. The summed E-state index contributed by atoms with van der Waals surface area (Å²) in [6.45, 7) is 3.28. The fourth-order valence-corrected chi connectivity index (χ4v) is 3.73. The number of nitro benzene ring substituents is 1. The highest BCUT2D eigenvalue weighted by molar-refractivity contribution is 5.62. The number of benzene rings is 1. The molecule has 0 amide bonds. The number of aliphatic hydroxyl groups excluding tert-OH is 1. The van der Waals surface area contributed by atoms with Crippen molar-refractivity contribution in [3.8, 4) is 5.75 Å². The van der Waals surface area contributed by atoms with Gasteiger partial charge in [-0.2, -0.15) is 0 Å². The van der Waals surface area contributed by atoms with Crippen LogP contribution < -0.4 is 9.64 Å². The maximum Gasteiger partial charge on any atom is 0.273 e. The van der Waals surface area contributed by atoms with Crippen LogP contribution in [0.1, 0.15) is 25.7 Å². The quantitative estimate of drug-likeness (QED) is 0.557. The largest absolute Gasteiger partial charge is 0.488 e. The van der Waals surface area contributed by atoms with Crippen LogP contribution in [0.15, 0.2) is 18.2 Å². The molecule has 2 fully saturated rings. The van der Waals surface area contributed by atoms with E-state index >= 15 is 0 Å². The topological polar surface area (TPSA) is 88.3 Å². The van der Waals surface area contributed by atoms with Crippen molar-refractivity contribution in [3.05, 3.63) is 28.3 Å². The molecule has 0 radical (unpaired) electrons. The lowest BCUT2D eigenvalue weighted by Gasteiger charge is -2.26. The van der Waals surface area contributed by atoms with Crippen molar-refractivity contribution in [2.75, 3.05) is 44.8 Å². The average molecular weight is 365 g/mol. The van der Waals surface area contributed by atoms with E-state index in [0.29, 0.717) is 12.3 Å². The number of hydrogen-bond acceptors (Lipinski definition) is 7. The van der Waals surface area contributed by atoms with E-state index in [4.69, 9.17) is 9.47 Å². The van der Waals surface area contributed by atoms with Crippen LogP contribution in [0.5, 0.6) is 5.75 Å². The SMILES string of the molecule is COC1CCCN1CC(O)COc1cc([N+](=O)[O-])ccc1N1CCCC1. The predicted octanol–water partition coefficient (Wildman–Crippen LogP) is 2.00. The van der Waals surface area contributed by atoms with Crippen LogP contribution in [0.2, 0.25) is 0 Å². The lowest BCUT2D eigenvalue weighted by molar-refractivity contribution is -0.384. The molecule has 2 heterocycles. The summed E-state index contributed by atoms with van der Waals surface area (Å²) < 4.78 is 11.2. The zero-order chi connectivity index (χ0) is 18.5. The van der Waals surface area contributed by atoms with Crippen molar-refractivity contribution in [1.29, 1.82) is 0 Å². The standard InChI is InChI=1S/C18H27N3O5/c1-25-18-5-4-10-20(18)12-15(22)13-26-17-11-14(21(23)24)6-7-16(17)19-8-2-3-9-19/h6-7,11,15,18,22H,2-5,8-10,12-13H2,1H3. The molecular formula is C18H27N3O5. The van der Waals surface area contributed by atoms with Gasteiger partial charge in [0.25, 0.3) is 5.69 Å². The van der Waals surface area contributed by atoms with Crippen LogP contribution in [-0.2, 0) is 4.74 Å². The van der Waals surface area contributed by atoms with Crippen LogP contribution in [-0.4, -0.2) is 67.2 Å². The third kappa shape index (κ3) is 4.44. The van der Waals surface area contributed by atoms with Crippen molar-refractivity contribution >= 4 is 11.4 Å². The van der Waals surface area contributed by atoms with E-state index in [0.717, 1.165) is 51.0 Å². The summed E-state index contributed by atoms with van der Waals surface area (Å²) >= 11 is 0. The van der Waals surface area contributed by atoms with Crippen LogP contribution in [0.4, 0.5) is 11.4 Å². The molecular weight excluding hydrogens is 338 g/mol. The Bertz CT molecular complexity index is 621. The molecule has 2 unspecified atom stereocenters. The average Bonchev–Trinajstić information content (AvgIpc) is 3.31. The van der Waals surface area contributed by atoms with Crippen molar-refractivity contribution in [3.63, 3.8) is 0 Å². The molecule has 0 aliphatic carbocycles. The fourth-order valence-electron chi connectivity index (χ4n) is 3.73. The third-order valence-corrected chi connectivity index (χ3v) is 5.05. The van der Waals surface area contributed by atoms with E-state index in [-0.39, 0.29) is 18.5 Å². The van der Waals surface area contributed by atoms with Gasteiger partial charge in [0.2, 0.25) is 0 Å². The van der Waals surface area contributed by atoms with Crippen molar-refractivity contribution in [1.82, 2.24) is 4.90 Å². The number of methoxy groups -OCH3 is 1. The summed E-state index contributed by atoms with van der Waals surface area (Å²) in [5, 5.41) is 21.4. The summed E-state index contributed by atoms with van der Waals surface area (Å²) in [4.78, 5) is 14.9. The Hall–Kier alpha value is -1.90. The molecule has 3 rings (SSSR count). The van der Waals surface area contributed by atoms with Gasteiger partial charge in [-0.05, 0) is 31.7 Å². The summed E-state index contributed by atoms with van der Waals surface area (Å²) in [7, 11) is 1.68. The smallest absolute Gasteiger partial charge is 0.273 e. The summed E-state index contributed by atoms with van der Waals surface area (Å²) in [5.41, 5.74) is 0.854. The number of non-ortho nitro benzene ring substituents is 1. The van der Waals surface area contributed by atoms with Crippen molar-refractivity contribution < 1.29 is 19.5 Å². The summed E-state index contributed by atoms with van der Waals surface area (Å²) in [6.07, 6.45) is 3.59. The Morgan fingerprint density at radius 1 is 1.31 bits per heavy atom. The highest BCUT2D eigenvalue weighted by Gasteiger charge is 2.26. The first-order valence-electron chi connectivity index (χ1n) is 9.19. The molecule has 0 bridgehead atoms. The molecule has 0 aromatic heterocycles. The van der Waals surface area contributed by atoms with Crippen LogP contribution >= 0.6 is 0 Å². The molecule has 2 aliphatic rings. The molecule has 1 aromatic carbocycles. The number of hydrogen-bond donors (Lipinski definition) is 1. The van der Waals surface area contributed by atoms with Crippen molar-refractivity contribution in [2.24, 2.45) is 0 Å². The highest BCUT2D eigenvalue weighted by atomic mass is 16.6. The highest BCUT2D eigenvalue weighted by Crippen LogP contribution is 2.34. The second-order valence-corrected chi connectivity index (χ2v) is 6.90. The van der Waals surface area contributed by atoms with E-state index in [1.165, 1.54) is 12.1 Å². The maximum absolute atomic E-state index is 11.1. The van der Waals surface area contributed by atoms with Gasteiger partial charge >= 0.3 is 0 Å². The maximum atomic E-state index is 11.1. The molecule has 1 N–H and O–H groups in total. The number of nitro groups is 1. The zero-order valence-electron chi connectivity index (χ0n) is 15.2. The number of aliphatic hydroxyl groups is 1. The van der Waals surface area contributed by atoms with Gasteiger partial charge in [-0.1, -0.05) is 0 Å².